The molecule has 4 aromatic rings. The van der Waals surface area contributed by atoms with Gasteiger partial charge in [-0.25, -0.2) is 4.68 Å². The second-order valence-corrected chi connectivity index (χ2v) is 7.25. The highest BCUT2D eigenvalue weighted by atomic mass is 16.5. The van der Waals surface area contributed by atoms with Crippen LogP contribution in [0.1, 0.15) is 23.2 Å². The zero-order valence-electron chi connectivity index (χ0n) is 16.3. The number of carbonyl (C=O) groups excluding carboxylic acids is 1. The maximum absolute atomic E-state index is 13.0. The molecule has 0 radical (unpaired) electrons. The lowest BCUT2D eigenvalue weighted by molar-refractivity contribution is 0.0597. The Hall–Kier alpha value is -3.81. The molecule has 0 atom stereocenters. The van der Waals surface area contributed by atoms with Crippen molar-refractivity contribution in [3.63, 3.8) is 0 Å². The van der Waals surface area contributed by atoms with E-state index in [1.807, 2.05) is 59.5 Å². The Labute approximate surface area is 173 Å². The lowest BCUT2D eigenvalue weighted by atomic mass is 10.1. The van der Waals surface area contributed by atoms with E-state index in [4.69, 9.17) is 4.74 Å². The van der Waals surface area contributed by atoms with Crippen molar-refractivity contribution in [1.82, 2.24) is 30.1 Å². The molecule has 1 aliphatic heterocycles. The number of benzene rings is 2. The van der Waals surface area contributed by atoms with Crippen molar-refractivity contribution >= 4 is 16.8 Å². The standard InChI is InChI=1S/C22H20N6O2/c29-22(17-5-1-7-18(14-17)28-15-24-25-26-28)27-12-9-19(10-13-27)30-20-8-2-4-16-6-3-11-23-21(16)20/h1-8,11,14-15,19H,9-10,12-13H2. The molecule has 1 amide bonds. The second-order valence-electron chi connectivity index (χ2n) is 7.25. The maximum Gasteiger partial charge on any atom is 0.253 e. The Balaban J connectivity index is 1.25. The number of tetrazole rings is 1. The van der Waals surface area contributed by atoms with Gasteiger partial charge in [0.15, 0.2) is 0 Å². The van der Waals surface area contributed by atoms with Gasteiger partial charge in [0.05, 0.1) is 5.69 Å². The number of ether oxygens (including phenoxy) is 1. The van der Waals surface area contributed by atoms with Gasteiger partial charge in [-0.3, -0.25) is 9.78 Å². The lowest BCUT2D eigenvalue weighted by Gasteiger charge is -2.32. The van der Waals surface area contributed by atoms with Gasteiger partial charge in [0.25, 0.3) is 5.91 Å². The minimum atomic E-state index is 0.00945. The number of amides is 1. The summed E-state index contributed by atoms with van der Waals surface area (Å²) in [4.78, 5) is 19.3. The number of pyridine rings is 1. The summed E-state index contributed by atoms with van der Waals surface area (Å²) in [6.45, 7) is 1.30. The summed E-state index contributed by atoms with van der Waals surface area (Å²) in [5, 5.41) is 12.2. The zero-order chi connectivity index (χ0) is 20.3. The second kappa shape index (κ2) is 7.90. The van der Waals surface area contributed by atoms with Crippen molar-refractivity contribution in [3.8, 4) is 11.4 Å². The van der Waals surface area contributed by atoms with Crippen molar-refractivity contribution < 1.29 is 9.53 Å². The van der Waals surface area contributed by atoms with Gasteiger partial charge in [-0.1, -0.05) is 24.3 Å². The molecule has 8 heteroatoms. The molecule has 3 heterocycles. The number of hydrogen-bond donors (Lipinski definition) is 0. The highest BCUT2D eigenvalue weighted by molar-refractivity contribution is 5.94. The van der Waals surface area contributed by atoms with E-state index in [-0.39, 0.29) is 12.0 Å². The number of hydrogen-bond acceptors (Lipinski definition) is 6. The quantitative estimate of drug-likeness (QED) is 0.524. The first kappa shape index (κ1) is 18.2. The van der Waals surface area contributed by atoms with Crippen molar-refractivity contribution in [2.45, 2.75) is 18.9 Å². The van der Waals surface area contributed by atoms with Gasteiger partial charge >= 0.3 is 0 Å². The average Bonchev–Trinajstić information content (AvgIpc) is 3.35. The minimum absolute atomic E-state index is 0.00945. The Kier molecular flexibility index (Phi) is 4.80. The van der Waals surface area contributed by atoms with E-state index in [2.05, 4.69) is 20.5 Å². The first-order chi connectivity index (χ1) is 14.8. The number of fused-ring (bicyclic) bond motifs is 1. The smallest absolute Gasteiger partial charge is 0.253 e. The van der Waals surface area contributed by atoms with Crippen LogP contribution in [0.3, 0.4) is 0 Å². The molecule has 0 N–H and O–H groups in total. The van der Waals surface area contributed by atoms with Crippen molar-refractivity contribution in [1.29, 1.82) is 0 Å². The summed E-state index contributed by atoms with van der Waals surface area (Å²) in [6.07, 6.45) is 4.91. The van der Waals surface area contributed by atoms with E-state index in [0.29, 0.717) is 18.7 Å². The molecule has 0 bridgehead atoms. The van der Waals surface area contributed by atoms with E-state index in [9.17, 15) is 4.79 Å². The van der Waals surface area contributed by atoms with Gasteiger partial charge in [-0.05, 0) is 40.8 Å². The molecule has 0 aliphatic carbocycles. The van der Waals surface area contributed by atoms with Crippen LogP contribution < -0.4 is 4.74 Å². The maximum atomic E-state index is 13.0. The monoisotopic (exact) mass is 400 g/mol. The molecular weight excluding hydrogens is 380 g/mol. The Morgan fingerprint density at radius 2 is 1.87 bits per heavy atom. The Bertz CT molecular complexity index is 1160. The SMILES string of the molecule is O=C(c1cccc(-n2cnnn2)c1)N1CCC(Oc2cccc3cccnc23)CC1. The number of carbonyl (C=O) groups is 1. The van der Waals surface area contributed by atoms with Crippen LogP contribution in [0.25, 0.3) is 16.6 Å². The highest BCUT2D eigenvalue weighted by Gasteiger charge is 2.25. The fourth-order valence-corrected chi connectivity index (χ4v) is 3.77. The van der Waals surface area contributed by atoms with Gasteiger partial charge in [0.1, 0.15) is 23.7 Å². The fraction of sp³-hybridized carbons (Fsp3) is 0.227. The topological polar surface area (TPSA) is 86.0 Å². The predicted molar refractivity (Wildman–Crippen MR) is 110 cm³/mol. The van der Waals surface area contributed by atoms with Gasteiger partial charge in [-0.15, -0.1) is 5.10 Å². The molecule has 30 heavy (non-hydrogen) atoms. The summed E-state index contributed by atoms with van der Waals surface area (Å²) in [5.74, 6) is 0.808. The largest absolute Gasteiger partial charge is 0.488 e. The number of aromatic nitrogens is 5. The summed E-state index contributed by atoms with van der Waals surface area (Å²) >= 11 is 0. The van der Waals surface area contributed by atoms with Gasteiger partial charge in [0, 0.05) is 43.1 Å². The molecule has 1 saturated heterocycles. The van der Waals surface area contributed by atoms with Crippen LogP contribution in [-0.2, 0) is 0 Å². The molecule has 5 rings (SSSR count). The highest BCUT2D eigenvalue weighted by Crippen LogP contribution is 2.26. The molecular formula is C22H20N6O2. The third-order valence-corrected chi connectivity index (χ3v) is 5.33. The predicted octanol–water partition coefficient (Wildman–Crippen LogP) is 2.89. The summed E-state index contributed by atoms with van der Waals surface area (Å²) < 4.78 is 7.78. The van der Waals surface area contributed by atoms with Crippen LogP contribution in [-0.4, -0.2) is 55.2 Å². The summed E-state index contributed by atoms with van der Waals surface area (Å²) in [7, 11) is 0. The van der Waals surface area contributed by atoms with Crippen molar-refractivity contribution in [2.24, 2.45) is 0 Å². The van der Waals surface area contributed by atoms with E-state index in [1.54, 1.807) is 6.20 Å². The zero-order valence-corrected chi connectivity index (χ0v) is 16.3. The molecule has 2 aromatic heterocycles. The van der Waals surface area contributed by atoms with Crippen LogP contribution in [0.4, 0.5) is 0 Å². The number of piperidine rings is 1. The molecule has 0 unspecified atom stereocenters. The van der Waals surface area contributed by atoms with E-state index in [0.717, 1.165) is 35.2 Å². The number of nitrogens with zero attached hydrogens (tertiary/aromatic N) is 6. The first-order valence-corrected chi connectivity index (χ1v) is 9.91. The van der Waals surface area contributed by atoms with Crippen LogP contribution in [0.2, 0.25) is 0 Å². The van der Waals surface area contributed by atoms with Crippen LogP contribution >= 0.6 is 0 Å². The molecule has 1 aliphatic rings. The van der Waals surface area contributed by atoms with Gasteiger partial charge in [-0.2, -0.15) is 0 Å². The van der Waals surface area contributed by atoms with Crippen LogP contribution in [0.5, 0.6) is 5.75 Å². The summed E-state index contributed by atoms with van der Waals surface area (Å²) in [6, 6.07) is 17.3. The van der Waals surface area contributed by atoms with Crippen molar-refractivity contribution in [3.05, 3.63) is 72.7 Å². The summed E-state index contributed by atoms with van der Waals surface area (Å²) in [5.41, 5.74) is 2.26. The van der Waals surface area contributed by atoms with E-state index in [1.165, 1.54) is 11.0 Å². The molecule has 150 valence electrons. The minimum Gasteiger partial charge on any atom is -0.488 e. The molecule has 0 saturated carbocycles. The first-order valence-electron chi connectivity index (χ1n) is 9.91. The third kappa shape index (κ3) is 3.59. The Morgan fingerprint density at radius 3 is 2.70 bits per heavy atom. The number of rotatable bonds is 4. The Morgan fingerprint density at radius 1 is 1.03 bits per heavy atom. The lowest BCUT2D eigenvalue weighted by Crippen LogP contribution is -2.41. The number of likely N-dealkylation sites (tertiary alicyclic amines) is 1. The normalized spacial score (nSPS) is 14.7. The number of para-hydroxylation sites is 1. The average molecular weight is 400 g/mol. The van der Waals surface area contributed by atoms with Crippen LogP contribution in [0, 0.1) is 0 Å². The molecule has 8 nitrogen and oxygen atoms in total. The van der Waals surface area contributed by atoms with E-state index >= 15 is 0 Å². The molecule has 0 spiro atoms. The van der Waals surface area contributed by atoms with E-state index < -0.39 is 0 Å². The molecule has 1 fully saturated rings. The fourth-order valence-electron chi connectivity index (χ4n) is 3.77. The van der Waals surface area contributed by atoms with Gasteiger partial charge in [0.2, 0.25) is 0 Å². The van der Waals surface area contributed by atoms with Crippen molar-refractivity contribution in [2.75, 3.05) is 13.1 Å². The third-order valence-electron chi connectivity index (χ3n) is 5.33. The molecule has 2 aromatic carbocycles. The van der Waals surface area contributed by atoms with Gasteiger partial charge < -0.3 is 9.64 Å². The van der Waals surface area contributed by atoms with Crippen LogP contribution in [0.15, 0.2) is 67.1 Å².